The minimum Gasteiger partial charge on any atom is -0.469 e. The van der Waals surface area contributed by atoms with Crippen molar-refractivity contribution >= 4 is 17.3 Å². The van der Waals surface area contributed by atoms with Gasteiger partial charge in [-0.05, 0) is 48.8 Å². The largest absolute Gasteiger partial charge is 0.469 e. The lowest BCUT2D eigenvalue weighted by atomic mass is 10.0. The number of rotatable bonds is 8. The molecule has 158 valence electrons. The molecule has 0 saturated carbocycles. The van der Waals surface area contributed by atoms with Gasteiger partial charge in [0.05, 0.1) is 19.4 Å². The lowest BCUT2D eigenvalue weighted by Crippen LogP contribution is -2.49. The topological polar surface area (TPSA) is 62.0 Å². The van der Waals surface area contributed by atoms with E-state index >= 15 is 0 Å². The van der Waals surface area contributed by atoms with Crippen molar-refractivity contribution in [2.24, 2.45) is 10.9 Å². The summed E-state index contributed by atoms with van der Waals surface area (Å²) >= 11 is 1.75. The highest BCUT2D eigenvalue weighted by molar-refractivity contribution is 7.09. The maximum Gasteiger partial charge on any atom is 0.191 e. The van der Waals surface area contributed by atoms with Crippen LogP contribution in [-0.4, -0.2) is 56.3 Å². The van der Waals surface area contributed by atoms with Crippen LogP contribution in [0.2, 0.25) is 0 Å². The first kappa shape index (κ1) is 20.4. The van der Waals surface area contributed by atoms with E-state index in [-0.39, 0.29) is 0 Å². The average Bonchev–Trinajstić information content (AvgIpc) is 3.51. The Morgan fingerprint density at radius 1 is 1.21 bits per heavy atom. The summed E-state index contributed by atoms with van der Waals surface area (Å²) in [6.45, 7) is 6.90. The summed E-state index contributed by atoms with van der Waals surface area (Å²) in [6, 6.07) is 8.65. The second-order valence-corrected chi connectivity index (χ2v) is 8.98. The fourth-order valence-corrected chi connectivity index (χ4v) is 4.64. The average molecular weight is 417 g/mol. The number of likely N-dealkylation sites (tertiary alicyclic amines) is 1. The summed E-state index contributed by atoms with van der Waals surface area (Å²) < 4.78 is 11.0. The van der Waals surface area contributed by atoms with E-state index in [1.54, 1.807) is 17.6 Å². The van der Waals surface area contributed by atoms with Crippen LogP contribution in [0, 0.1) is 5.92 Å². The highest BCUT2D eigenvalue weighted by Crippen LogP contribution is 2.18. The van der Waals surface area contributed by atoms with E-state index in [1.165, 1.54) is 17.8 Å². The van der Waals surface area contributed by atoms with Crippen molar-refractivity contribution in [3.8, 4) is 0 Å². The van der Waals surface area contributed by atoms with E-state index in [0.717, 1.165) is 69.7 Å². The summed E-state index contributed by atoms with van der Waals surface area (Å²) in [5.74, 6) is 2.64. The molecule has 2 N–H and O–H groups in total. The quantitative estimate of drug-likeness (QED) is 0.511. The maximum absolute atomic E-state index is 5.53. The molecule has 0 aliphatic carbocycles. The van der Waals surface area contributed by atoms with Gasteiger partial charge in [-0.2, -0.15) is 0 Å². The third-order valence-electron chi connectivity index (χ3n) is 5.69. The Bertz CT molecular complexity index is 718. The van der Waals surface area contributed by atoms with Gasteiger partial charge in [0.2, 0.25) is 0 Å². The number of nitrogens with one attached hydrogen (secondary N) is 2. The molecule has 1 unspecified atom stereocenters. The van der Waals surface area contributed by atoms with E-state index in [1.807, 2.05) is 12.1 Å². The molecule has 2 aliphatic heterocycles. The zero-order chi connectivity index (χ0) is 19.7. The van der Waals surface area contributed by atoms with Crippen LogP contribution in [0.25, 0.3) is 0 Å². The van der Waals surface area contributed by atoms with E-state index in [2.05, 4.69) is 33.0 Å². The highest BCUT2D eigenvalue weighted by Gasteiger charge is 2.24. The number of furan rings is 1. The minimum absolute atomic E-state index is 0.476. The van der Waals surface area contributed by atoms with Crippen molar-refractivity contribution in [3.63, 3.8) is 0 Å². The standard InChI is InChI=1S/C22H32N4O2S/c1-3-20(28-12-1)5-9-23-22(24-15-21-4-2-14-29-21)25-19-6-10-26(11-7-19)16-18-8-13-27-17-18/h1-4,12,14,18-19H,5-11,13,15-17H2,(H2,23,24,25). The van der Waals surface area contributed by atoms with Gasteiger partial charge in [-0.1, -0.05) is 6.07 Å². The van der Waals surface area contributed by atoms with Crippen molar-refractivity contribution < 1.29 is 9.15 Å². The molecule has 0 aromatic carbocycles. The molecule has 0 spiro atoms. The van der Waals surface area contributed by atoms with Crippen molar-refractivity contribution in [1.82, 2.24) is 15.5 Å². The van der Waals surface area contributed by atoms with Crippen molar-refractivity contribution in [2.45, 2.75) is 38.3 Å². The van der Waals surface area contributed by atoms with Crippen LogP contribution in [0.5, 0.6) is 0 Å². The number of hydrogen-bond donors (Lipinski definition) is 2. The smallest absolute Gasteiger partial charge is 0.191 e. The predicted octanol–water partition coefficient (Wildman–Crippen LogP) is 3.12. The molecule has 6 nitrogen and oxygen atoms in total. The van der Waals surface area contributed by atoms with Crippen molar-refractivity contribution in [1.29, 1.82) is 0 Å². The van der Waals surface area contributed by atoms with Crippen LogP contribution < -0.4 is 10.6 Å². The highest BCUT2D eigenvalue weighted by atomic mass is 32.1. The molecular weight excluding hydrogens is 384 g/mol. The third-order valence-corrected chi connectivity index (χ3v) is 6.55. The van der Waals surface area contributed by atoms with Crippen molar-refractivity contribution in [2.75, 3.05) is 39.4 Å². The molecule has 2 aliphatic rings. The summed E-state index contributed by atoms with van der Waals surface area (Å²) in [4.78, 5) is 8.71. The van der Waals surface area contributed by atoms with Crippen LogP contribution >= 0.6 is 11.3 Å². The van der Waals surface area contributed by atoms with Gasteiger partial charge < -0.3 is 24.7 Å². The molecule has 4 heterocycles. The Hall–Kier alpha value is -1.83. The molecule has 0 amide bonds. The molecular formula is C22H32N4O2S. The number of ether oxygens (including phenoxy) is 1. The van der Waals surface area contributed by atoms with Crippen molar-refractivity contribution in [3.05, 3.63) is 46.5 Å². The second kappa shape index (κ2) is 10.8. The van der Waals surface area contributed by atoms with Crippen LogP contribution in [0.4, 0.5) is 0 Å². The van der Waals surface area contributed by atoms with Crippen LogP contribution in [0.3, 0.4) is 0 Å². The molecule has 29 heavy (non-hydrogen) atoms. The molecule has 2 aromatic heterocycles. The summed E-state index contributed by atoms with van der Waals surface area (Å²) in [6.07, 6.45) is 6.12. The van der Waals surface area contributed by atoms with Gasteiger partial charge in [0.25, 0.3) is 0 Å². The number of piperidine rings is 1. The molecule has 7 heteroatoms. The van der Waals surface area contributed by atoms with Crippen LogP contribution in [0.1, 0.15) is 29.9 Å². The lowest BCUT2D eigenvalue weighted by Gasteiger charge is -2.34. The molecule has 2 saturated heterocycles. The van der Waals surface area contributed by atoms with E-state index < -0.39 is 0 Å². The SMILES string of the molecule is c1coc(CCNC(=NCc2cccs2)NC2CCN(CC3CCOC3)CC2)c1. The van der Waals surface area contributed by atoms with Gasteiger partial charge in [-0.25, -0.2) is 4.99 Å². The second-order valence-electron chi connectivity index (χ2n) is 7.95. The Labute approximate surface area is 177 Å². The van der Waals surface area contributed by atoms with Gasteiger partial charge in [-0.15, -0.1) is 11.3 Å². The van der Waals surface area contributed by atoms with Gasteiger partial charge in [0, 0.05) is 50.1 Å². The predicted molar refractivity (Wildman–Crippen MR) is 117 cm³/mol. The first-order valence-corrected chi connectivity index (χ1v) is 11.6. The number of nitrogens with zero attached hydrogens (tertiary/aromatic N) is 2. The van der Waals surface area contributed by atoms with E-state index in [9.17, 15) is 0 Å². The number of hydrogen-bond acceptors (Lipinski definition) is 5. The van der Waals surface area contributed by atoms with E-state index in [0.29, 0.717) is 12.6 Å². The molecule has 1 atom stereocenters. The van der Waals surface area contributed by atoms with E-state index in [4.69, 9.17) is 14.1 Å². The maximum atomic E-state index is 5.53. The normalized spacial score (nSPS) is 21.5. The Balaban J connectivity index is 1.25. The summed E-state index contributed by atoms with van der Waals surface area (Å²) in [5, 5.41) is 9.27. The van der Waals surface area contributed by atoms with Gasteiger partial charge in [-0.3, -0.25) is 0 Å². The first-order valence-electron chi connectivity index (χ1n) is 10.7. The Morgan fingerprint density at radius 2 is 2.14 bits per heavy atom. The van der Waals surface area contributed by atoms with Crippen LogP contribution in [0.15, 0.2) is 45.3 Å². The minimum atomic E-state index is 0.476. The fourth-order valence-electron chi connectivity index (χ4n) is 4.02. The monoisotopic (exact) mass is 416 g/mol. The van der Waals surface area contributed by atoms with Gasteiger partial charge >= 0.3 is 0 Å². The number of thiophene rings is 1. The Morgan fingerprint density at radius 3 is 2.86 bits per heavy atom. The molecule has 2 aromatic rings. The third kappa shape index (κ3) is 6.59. The van der Waals surface area contributed by atoms with Crippen LogP contribution in [-0.2, 0) is 17.7 Å². The fraction of sp³-hybridized carbons (Fsp3) is 0.591. The van der Waals surface area contributed by atoms with Gasteiger partial charge in [0.1, 0.15) is 5.76 Å². The van der Waals surface area contributed by atoms with Gasteiger partial charge in [0.15, 0.2) is 5.96 Å². The lowest BCUT2D eigenvalue weighted by molar-refractivity contribution is 0.150. The zero-order valence-corrected chi connectivity index (χ0v) is 17.8. The Kier molecular flexibility index (Phi) is 7.62. The molecule has 2 fully saturated rings. The molecule has 0 radical (unpaired) electrons. The molecule has 4 rings (SSSR count). The zero-order valence-electron chi connectivity index (χ0n) is 17.0. The summed E-state index contributed by atoms with van der Waals surface area (Å²) in [7, 11) is 0. The first-order chi connectivity index (χ1) is 14.3. The number of guanidine groups is 1. The molecule has 0 bridgehead atoms. The number of aliphatic imine (C=N–C) groups is 1. The summed E-state index contributed by atoms with van der Waals surface area (Å²) in [5.41, 5.74) is 0.